The van der Waals surface area contributed by atoms with Crippen molar-refractivity contribution in [1.29, 1.82) is 0 Å². The van der Waals surface area contributed by atoms with E-state index in [9.17, 15) is 4.79 Å². The Morgan fingerprint density at radius 2 is 1.78 bits per heavy atom. The monoisotopic (exact) mass is 473 g/mol. The second kappa shape index (κ2) is 11.4. The molecule has 0 aliphatic rings. The van der Waals surface area contributed by atoms with Crippen LogP contribution in [0.1, 0.15) is 53.4 Å². The smallest absolute Gasteiger partial charge is 0.253 e. The van der Waals surface area contributed by atoms with E-state index in [4.69, 9.17) is 0 Å². The van der Waals surface area contributed by atoms with Gasteiger partial charge in [0.25, 0.3) is 5.91 Å². The minimum atomic E-state index is -0.143. The first kappa shape index (κ1) is 24.8. The number of hydrogen-bond acceptors (Lipinski definition) is 2. The number of aromatic amines is 1. The highest BCUT2D eigenvalue weighted by molar-refractivity contribution is 6.06. The van der Waals surface area contributed by atoms with E-state index in [2.05, 4.69) is 39.3 Å². The van der Waals surface area contributed by atoms with Crippen LogP contribution >= 0.6 is 0 Å². The third-order valence-corrected chi connectivity index (χ3v) is 6.01. The standard InChI is InChI=1S/C30H25N3O.C2H6/c1-20-8-3-4-9-23(20)14-13-22-17-24-10-7-15-31-29(24)27(18-22)30(34)33-21(2)16-25-19-32-28-12-6-5-11-26(25)28;1-2/h3-12,15,17-19,21,32H,16H2,1-2H3,(H,33,34);1-2H3. The number of pyridine rings is 1. The van der Waals surface area contributed by atoms with Crippen molar-refractivity contribution in [3.63, 3.8) is 0 Å². The summed E-state index contributed by atoms with van der Waals surface area (Å²) >= 11 is 0. The van der Waals surface area contributed by atoms with Crippen LogP contribution < -0.4 is 5.32 Å². The van der Waals surface area contributed by atoms with Crippen LogP contribution in [0.25, 0.3) is 21.8 Å². The predicted molar refractivity (Wildman–Crippen MR) is 149 cm³/mol. The van der Waals surface area contributed by atoms with E-state index in [1.807, 2.05) is 94.6 Å². The molecule has 2 heterocycles. The van der Waals surface area contributed by atoms with E-state index in [1.54, 1.807) is 6.20 Å². The fourth-order valence-corrected chi connectivity index (χ4v) is 4.27. The van der Waals surface area contributed by atoms with Gasteiger partial charge in [-0.1, -0.05) is 68.2 Å². The van der Waals surface area contributed by atoms with Crippen LogP contribution in [0.3, 0.4) is 0 Å². The van der Waals surface area contributed by atoms with Crippen molar-refractivity contribution in [2.45, 2.75) is 40.2 Å². The van der Waals surface area contributed by atoms with Gasteiger partial charge in [0.15, 0.2) is 0 Å². The first-order valence-corrected chi connectivity index (χ1v) is 12.4. The number of aromatic nitrogens is 2. The van der Waals surface area contributed by atoms with Crippen molar-refractivity contribution < 1.29 is 4.79 Å². The third-order valence-electron chi connectivity index (χ3n) is 6.01. The quantitative estimate of drug-likeness (QED) is 0.282. The van der Waals surface area contributed by atoms with Gasteiger partial charge >= 0.3 is 0 Å². The topological polar surface area (TPSA) is 57.8 Å². The molecule has 3 aromatic carbocycles. The Kier molecular flexibility index (Phi) is 7.82. The number of benzene rings is 3. The maximum atomic E-state index is 13.3. The maximum Gasteiger partial charge on any atom is 0.253 e. The average molecular weight is 474 g/mol. The first-order chi connectivity index (χ1) is 17.6. The molecule has 0 saturated heterocycles. The van der Waals surface area contributed by atoms with Crippen LogP contribution in [-0.2, 0) is 6.42 Å². The molecular weight excluding hydrogens is 442 g/mol. The lowest BCUT2D eigenvalue weighted by molar-refractivity contribution is 0.0941. The zero-order chi connectivity index (χ0) is 25.5. The summed E-state index contributed by atoms with van der Waals surface area (Å²) in [5.41, 5.74) is 6.40. The number of H-pyrrole nitrogens is 1. The number of carbonyl (C=O) groups is 1. The molecule has 1 atom stereocenters. The number of aryl methyl sites for hydroxylation is 1. The normalized spacial score (nSPS) is 11.2. The van der Waals surface area contributed by atoms with Crippen LogP contribution in [0.5, 0.6) is 0 Å². The molecule has 4 nitrogen and oxygen atoms in total. The molecule has 0 bridgehead atoms. The summed E-state index contributed by atoms with van der Waals surface area (Å²) in [6.45, 7) is 8.07. The van der Waals surface area contributed by atoms with Gasteiger partial charge in [0.2, 0.25) is 0 Å². The van der Waals surface area contributed by atoms with Crippen LogP contribution in [0.15, 0.2) is 85.2 Å². The van der Waals surface area contributed by atoms with Crippen molar-refractivity contribution in [2.75, 3.05) is 0 Å². The maximum absolute atomic E-state index is 13.3. The Hall–Kier alpha value is -4.36. The molecule has 1 amide bonds. The Bertz CT molecular complexity index is 1570. The molecule has 0 radical (unpaired) electrons. The molecule has 4 heteroatoms. The lowest BCUT2D eigenvalue weighted by Crippen LogP contribution is -2.34. The Balaban J connectivity index is 0.00000148. The van der Waals surface area contributed by atoms with E-state index in [-0.39, 0.29) is 11.9 Å². The minimum absolute atomic E-state index is 0.0489. The van der Waals surface area contributed by atoms with E-state index >= 15 is 0 Å². The van der Waals surface area contributed by atoms with Crippen LogP contribution in [0, 0.1) is 18.8 Å². The van der Waals surface area contributed by atoms with Crippen LogP contribution in [0.4, 0.5) is 0 Å². The number of carbonyl (C=O) groups excluding carboxylic acids is 1. The van der Waals surface area contributed by atoms with Gasteiger partial charge in [-0.2, -0.15) is 0 Å². The Morgan fingerprint density at radius 3 is 2.61 bits per heavy atom. The molecule has 0 aliphatic heterocycles. The van der Waals surface area contributed by atoms with Crippen molar-refractivity contribution >= 4 is 27.7 Å². The lowest BCUT2D eigenvalue weighted by Gasteiger charge is -2.15. The summed E-state index contributed by atoms with van der Waals surface area (Å²) in [7, 11) is 0. The SMILES string of the molecule is CC.Cc1ccccc1C#Cc1cc(C(=O)NC(C)Cc2c[nH]c3ccccc23)c2ncccc2c1. The number of nitrogens with one attached hydrogen (secondary N) is 2. The molecule has 0 spiro atoms. The van der Waals surface area contributed by atoms with Gasteiger partial charge in [0.05, 0.1) is 11.1 Å². The third kappa shape index (κ3) is 5.47. The van der Waals surface area contributed by atoms with Gasteiger partial charge in [-0.15, -0.1) is 0 Å². The van der Waals surface area contributed by atoms with Crippen molar-refractivity contribution in [3.8, 4) is 11.8 Å². The molecule has 180 valence electrons. The number of hydrogen-bond donors (Lipinski definition) is 2. The van der Waals surface area contributed by atoms with Gasteiger partial charge in [-0.25, -0.2) is 0 Å². The van der Waals surface area contributed by atoms with E-state index < -0.39 is 0 Å². The fourth-order valence-electron chi connectivity index (χ4n) is 4.27. The second-order valence-corrected chi connectivity index (χ2v) is 8.60. The summed E-state index contributed by atoms with van der Waals surface area (Å²) in [5, 5.41) is 5.24. The Morgan fingerprint density at radius 1 is 1.00 bits per heavy atom. The molecule has 2 N–H and O–H groups in total. The first-order valence-electron chi connectivity index (χ1n) is 12.4. The van der Waals surface area contributed by atoms with E-state index in [0.29, 0.717) is 11.1 Å². The van der Waals surface area contributed by atoms with E-state index in [1.165, 1.54) is 10.9 Å². The number of fused-ring (bicyclic) bond motifs is 2. The highest BCUT2D eigenvalue weighted by Gasteiger charge is 2.16. The Labute approximate surface area is 212 Å². The summed E-state index contributed by atoms with van der Waals surface area (Å²) in [4.78, 5) is 21.1. The predicted octanol–water partition coefficient (Wildman–Crippen LogP) is 6.81. The highest BCUT2D eigenvalue weighted by atomic mass is 16.1. The molecule has 2 aromatic heterocycles. The van der Waals surface area contributed by atoms with Gasteiger partial charge < -0.3 is 10.3 Å². The zero-order valence-corrected chi connectivity index (χ0v) is 21.2. The number of rotatable bonds is 4. The van der Waals surface area contributed by atoms with E-state index in [0.717, 1.165) is 34.0 Å². The number of amides is 1. The van der Waals surface area contributed by atoms with Crippen molar-refractivity contribution in [3.05, 3.63) is 113 Å². The molecule has 36 heavy (non-hydrogen) atoms. The largest absolute Gasteiger partial charge is 0.361 e. The highest BCUT2D eigenvalue weighted by Crippen LogP contribution is 2.21. The van der Waals surface area contributed by atoms with Crippen LogP contribution in [0.2, 0.25) is 0 Å². The molecule has 0 aliphatic carbocycles. The fraction of sp³-hybridized carbons (Fsp3) is 0.188. The van der Waals surface area contributed by atoms with Gasteiger partial charge in [-0.3, -0.25) is 9.78 Å². The molecule has 0 saturated carbocycles. The van der Waals surface area contributed by atoms with Crippen LogP contribution in [-0.4, -0.2) is 21.9 Å². The van der Waals surface area contributed by atoms with Gasteiger partial charge in [-0.05, 0) is 61.7 Å². The molecular formula is C32H31N3O. The number of para-hydroxylation sites is 1. The summed E-state index contributed by atoms with van der Waals surface area (Å²) < 4.78 is 0. The lowest BCUT2D eigenvalue weighted by atomic mass is 10.0. The average Bonchev–Trinajstić information content (AvgIpc) is 3.31. The number of nitrogens with zero attached hydrogens (tertiary/aromatic N) is 1. The van der Waals surface area contributed by atoms with Gasteiger partial charge in [0, 0.05) is 45.9 Å². The molecule has 1 unspecified atom stereocenters. The summed E-state index contributed by atoms with van der Waals surface area (Å²) in [6, 6.07) is 23.9. The van der Waals surface area contributed by atoms with Gasteiger partial charge in [0.1, 0.15) is 0 Å². The molecule has 5 aromatic rings. The van der Waals surface area contributed by atoms with Crippen molar-refractivity contribution in [1.82, 2.24) is 15.3 Å². The van der Waals surface area contributed by atoms with Crippen molar-refractivity contribution in [2.24, 2.45) is 0 Å². The molecule has 5 rings (SSSR count). The summed E-state index contributed by atoms with van der Waals surface area (Å²) in [5.74, 6) is 6.34. The summed E-state index contributed by atoms with van der Waals surface area (Å²) in [6.07, 6.45) is 4.47. The zero-order valence-electron chi connectivity index (χ0n) is 21.2. The second-order valence-electron chi connectivity index (χ2n) is 8.60. The molecule has 0 fully saturated rings. The minimum Gasteiger partial charge on any atom is -0.361 e.